The zero-order valence-corrected chi connectivity index (χ0v) is 42.9. The molecule has 380 valence electrons. The number of carbonyl (C=O) groups is 5. The largest absolute Gasteiger partial charge is 0.506 e. The molecule has 1 saturated carbocycles. The van der Waals surface area contributed by atoms with E-state index in [2.05, 4.69) is 41.2 Å². The second-order valence-electron chi connectivity index (χ2n) is 21.2. The topological polar surface area (TPSA) is 200 Å². The summed E-state index contributed by atoms with van der Waals surface area (Å²) in [5, 5.41) is 24.1. The van der Waals surface area contributed by atoms with E-state index in [-0.39, 0.29) is 72.3 Å². The van der Waals surface area contributed by atoms with Gasteiger partial charge in [0.15, 0.2) is 22.8 Å². The number of urea groups is 1. The molecule has 15 nitrogen and oxygen atoms in total. The van der Waals surface area contributed by atoms with Crippen molar-refractivity contribution in [3.05, 3.63) is 69.4 Å². The summed E-state index contributed by atoms with van der Waals surface area (Å²) in [6.07, 6.45) is 16.8. The van der Waals surface area contributed by atoms with Crippen LogP contribution in [-0.2, 0) is 35.0 Å². The minimum Gasteiger partial charge on any atom is -0.506 e. The third-order valence-electron chi connectivity index (χ3n) is 15.1. The Hall–Kier alpha value is -4.90. The zero-order chi connectivity index (χ0) is 50.2. The molecule has 8 unspecified atom stereocenters. The maximum absolute atomic E-state index is 15.1. The van der Waals surface area contributed by atoms with Crippen molar-refractivity contribution >= 4 is 47.2 Å². The van der Waals surface area contributed by atoms with Gasteiger partial charge in [0.05, 0.1) is 49.7 Å². The summed E-state index contributed by atoms with van der Waals surface area (Å²) in [7, 11) is 0. The average Bonchev–Trinajstić information content (AvgIpc) is 3.91. The predicted molar refractivity (Wildman–Crippen MR) is 268 cm³/mol. The quantitative estimate of drug-likeness (QED) is 0.0341. The second-order valence-corrected chi connectivity index (χ2v) is 22.4. The van der Waals surface area contributed by atoms with E-state index in [1.54, 1.807) is 19.1 Å². The van der Waals surface area contributed by atoms with Gasteiger partial charge in [-0.15, -0.1) is 0 Å². The lowest BCUT2D eigenvalue weighted by Crippen LogP contribution is -2.72. The number of unbranched alkanes of at least 4 members (excludes halogenated alkanes) is 1. The van der Waals surface area contributed by atoms with E-state index in [1.165, 1.54) is 5.57 Å². The number of rotatable bonds is 22. The van der Waals surface area contributed by atoms with E-state index in [9.17, 15) is 24.3 Å². The van der Waals surface area contributed by atoms with Crippen molar-refractivity contribution < 1.29 is 52.8 Å². The highest BCUT2D eigenvalue weighted by molar-refractivity contribution is 8.00. The molecule has 3 aliphatic carbocycles. The molecule has 8 aliphatic rings. The standard InChI is InChI=1S/C54H72N4O11S/c1-31(2)12-11-19-52(8)20-18-35-44(60)42-45(61)37-28-34-29-40-51(6,7)69-53(48(34)62,54(37,40)68-47(42)36(46(35)67-52)16-15-32(3)4)21-17-33(5)49(63)56-23-25-66-27-26-65-24-22-55-41(59)14-10-9-13-39-43-38(30-70-39)57-50(64)58-43/h12,15,17-18,20,28,34,38-40,43,60H,9-11,13-14,16,19,21-27,29-30H2,1-8H3,(H,55,59)(H,56,63)(H2,57,58,64). The lowest BCUT2D eigenvalue weighted by molar-refractivity contribution is -0.171. The number of ether oxygens (including phenoxy) is 5. The van der Waals surface area contributed by atoms with Crippen LogP contribution in [-0.4, -0.2) is 120 Å². The summed E-state index contributed by atoms with van der Waals surface area (Å²) >= 11 is 1.88. The van der Waals surface area contributed by atoms with Gasteiger partial charge in [0.1, 0.15) is 28.4 Å². The van der Waals surface area contributed by atoms with Crippen LogP contribution < -0.4 is 30.7 Å². The molecule has 5 aliphatic heterocycles. The van der Waals surface area contributed by atoms with Gasteiger partial charge in [-0.05, 0) is 106 Å². The van der Waals surface area contributed by atoms with Crippen LogP contribution in [0, 0.1) is 11.8 Å². The fourth-order valence-corrected chi connectivity index (χ4v) is 13.0. The van der Waals surface area contributed by atoms with Crippen molar-refractivity contribution in [2.75, 3.05) is 45.3 Å². The molecule has 5 heterocycles. The van der Waals surface area contributed by atoms with Gasteiger partial charge in [-0.3, -0.25) is 19.2 Å². The molecule has 9 rings (SSSR count). The van der Waals surface area contributed by atoms with Crippen LogP contribution in [0.5, 0.6) is 17.2 Å². The first-order valence-electron chi connectivity index (χ1n) is 25.1. The Balaban J connectivity index is 0.863. The number of hydrogen-bond donors (Lipinski definition) is 5. The van der Waals surface area contributed by atoms with Gasteiger partial charge < -0.3 is 50.1 Å². The predicted octanol–water partition coefficient (Wildman–Crippen LogP) is 7.15. The Morgan fingerprint density at radius 3 is 2.37 bits per heavy atom. The van der Waals surface area contributed by atoms with Crippen LogP contribution in [0.15, 0.2) is 52.7 Å². The zero-order valence-electron chi connectivity index (χ0n) is 42.1. The van der Waals surface area contributed by atoms with Gasteiger partial charge in [0, 0.05) is 65.5 Å². The summed E-state index contributed by atoms with van der Waals surface area (Å²) < 4.78 is 32.4. The first-order chi connectivity index (χ1) is 33.3. The highest BCUT2D eigenvalue weighted by Crippen LogP contribution is 2.68. The van der Waals surface area contributed by atoms with E-state index >= 15 is 4.79 Å². The van der Waals surface area contributed by atoms with Gasteiger partial charge in [0.25, 0.3) is 0 Å². The molecule has 5 N–H and O–H groups in total. The van der Waals surface area contributed by atoms with Crippen LogP contribution >= 0.6 is 11.8 Å². The third-order valence-corrected chi connectivity index (χ3v) is 16.6. The Labute approximate surface area is 416 Å². The van der Waals surface area contributed by atoms with Gasteiger partial charge in [0.2, 0.25) is 11.8 Å². The molecule has 0 radical (unpaired) electrons. The lowest BCUT2D eigenvalue weighted by atomic mass is 9.51. The average molecular weight is 985 g/mol. The number of nitrogens with one attached hydrogen (secondary N) is 4. The summed E-state index contributed by atoms with van der Waals surface area (Å²) in [4.78, 5) is 67.2. The highest BCUT2D eigenvalue weighted by atomic mass is 32.2. The SMILES string of the molecule is CC(C)=CCCC1(C)C=Cc2c(O)c3c(c(CC=C(C)C)c2O1)OC12C(=CC4CC1C(C)(C)OC2(CC=C(C)C(=O)NCCOCCOCCNC(=O)CCCCC1SCC2NC(=O)NC21)C4=O)C3=O. The van der Waals surface area contributed by atoms with Crippen LogP contribution in [0.25, 0.3) is 6.08 Å². The van der Waals surface area contributed by atoms with Crippen molar-refractivity contribution in [3.63, 3.8) is 0 Å². The van der Waals surface area contributed by atoms with Crippen molar-refractivity contribution in [2.24, 2.45) is 11.8 Å². The van der Waals surface area contributed by atoms with Crippen LogP contribution in [0.1, 0.15) is 128 Å². The molecule has 70 heavy (non-hydrogen) atoms. The second kappa shape index (κ2) is 20.7. The summed E-state index contributed by atoms with van der Waals surface area (Å²) in [5.74, 6) is -0.591. The fourth-order valence-electron chi connectivity index (χ4n) is 11.5. The molecule has 1 aromatic rings. The molecule has 4 fully saturated rings. The monoisotopic (exact) mass is 984 g/mol. The number of benzene rings is 1. The number of hydrogen-bond acceptors (Lipinski definition) is 12. The van der Waals surface area contributed by atoms with E-state index in [4.69, 9.17) is 23.7 Å². The number of phenols is 1. The Kier molecular flexibility index (Phi) is 15.2. The molecule has 0 aromatic heterocycles. The van der Waals surface area contributed by atoms with Crippen LogP contribution in [0.4, 0.5) is 4.79 Å². The first-order valence-corrected chi connectivity index (χ1v) is 26.2. The van der Waals surface area contributed by atoms with Crippen molar-refractivity contribution in [3.8, 4) is 17.2 Å². The van der Waals surface area contributed by atoms with Gasteiger partial charge >= 0.3 is 6.03 Å². The molecular weight excluding hydrogens is 913 g/mol. The highest BCUT2D eigenvalue weighted by Gasteiger charge is 2.81. The molecule has 4 amide bonds. The van der Waals surface area contributed by atoms with Gasteiger partial charge in [-0.25, -0.2) is 4.79 Å². The number of Topliss-reactive ketones (excluding diaryl/α,β-unsaturated/α-hetero) is 2. The third kappa shape index (κ3) is 9.86. The summed E-state index contributed by atoms with van der Waals surface area (Å²) in [6.45, 7) is 17.5. The lowest BCUT2D eigenvalue weighted by Gasteiger charge is -2.56. The van der Waals surface area contributed by atoms with E-state index < -0.39 is 40.0 Å². The molecule has 1 spiro atoms. The summed E-state index contributed by atoms with van der Waals surface area (Å²) in [5.41, 5.74) is -0.726. The van der Waals surface area contributed by atoms with Crippen molar-refractivity contribution in [2.45, 2.75) is 153 Å². The molecule has 3 saturated heterocycles. The maximum Gasteiger partial charge on any atom is 0.315 e. The van der Waals surface area contributed by atoms with Crippen LogP contribution in [0.2, 0.25) is 0 Å². The van der Waals surface area contributed by atoms with E-state index in [0.717, 1.165) is 37.0 Å². The number of allylic oxidation sites excluding steroid dienone is 5. The van der Waals surface area contributed by atoms with Crippen LogP contribution in [0.3, 0.4) is 0 Å². The first kappa shape index (κ1) is 51.5. The maximum atomic E-state index is 15.1. The van der Waals surface area contributed by atoms with Crippen molar-refractivity contribution in [1.29, 1.82) is 0 Å². The smallest absolute Gasteiger partial charge is 0.315 e. The number of phenolic OH excluding ortho intramolecular Hbond substituents is 1. The molecule has 8 atom stereocenters. The summed E-state index contributed by atoms with van der Waals surface area (Å²) in [6, 6.07) is 0.306. The number of carbonyl (C=O) groups excluding carboxylic acids is 5. The Morgan fingerprint density at radius 1 is 0.914 bits per heavy atom. The van der Waals surface area contributed by atoms with Crippen molar-refractivity contribution in [1.82, 2.24) is 21.3 Å². The number of ketones is 2. The number of amides is 4. The minimum absolute atomic E-state index is 0.00998. The fraction of sp³-hybridized carbons (Fsp3) is 0.611. The van der Waals surface area contributed by atoms with E-state index in [1.807, 2.05) is 64.6 Å². The molecule has 1 aromatic carbocycles. The number of fused-ring (bicyclic) bond motifs is 3. The normalized spacial score (nSPS) is 29.4. The Bertz CT molecular complexity index is 2430. The van der Waals surface area contributed by atoms with Gasteiger partial charge in [-0.2, -0.15) is 11.8 Å². The Morgan fingerprint density at radius 2 is 1.64 bits per heavy atom. The molecule has 4 bridgehead atoms. The molecular formula is C54H72N4O11S. The van der Waals surface area contributed by atoms with E-state index in [0.29, 0.717) is 85.3 Å². The molecule has 16 heteroatoms. The minimum atomic E-state index is -1.64. The number of aromatic hydroxyl groups is 1. The van der Waals surface area contributed by atoms with Gasteiger partial charge in [-0.1, -0.05) is 41.9 Å². The number of thioether (sulfide) groups is 1.